The van der Waals surface area contributed by atoms with E-state index in [1.807, 2.05) is 11.9 Å². The number of nitrogens with zero attached hydrogens (tertiary/aromatic N) is 1. The van der Waals surface area contributed by atoms with Crippen molar-refractivity contribution in [3.63, 3.8) is 0 Å². The molecule has 0 aliphatic carbocycles. The molecule has 3 atom stereocenters. The molecule has 0 aromatic carbocycles. The SMILES string of the molecule is CCNC(C)[C@@H]1CC(C)N(C)C1=O. The third-order valence-corrected chi connectivity index (χ3v) is 3.05. The fraction of sp³-hybridized carbons (Fsp3) is 0.900. The first-order valence-corrected chi connectivity index (χ1v) is 5.08. The minimum atomic E-state index is 0.181. The maximum atomic E-state index is 11.7. The average Bonchev–Trinajstić information content (AvgIpc) is 2.33. The first-order valence-electron chi connectivity index (χ1n) is 5.08. The molecular formula is C10H20N2O. The van der Waals surface area contributed by atoms with Gasteiger partial charge in [-0.2, -0.15) is 0 Å². The zero-order valence-corrected chi connectivity index (χ0v) is 9.00. The van der Waals surface area contributed by atoms with Crippen molar-refractivity contribution < 1.29 is 4.79 Å². The third-order valence-electron chi connectivity index (χ3n) is 3.05. The molecule has 0 bridgehead atoms. The predicted octanol–water partition coefficient (Wildman–Crippen LogP) is 0.851. The summed E-state index contributed by atoms with van der Waals surface area (Å²) >= 11 is 0. The lowest BCUT2D eigenvalue weighted by Gasteiger charge is -2.18. The van der Waals surface area contributed by atoms with E-state index in [0.717, 1.165) is 13.0 Å². The molecule has 76 valence electrons. The van der Waals surface area contributed by atoms with E-state index in [9.17, 15) is 4.79 Å². The second kappa shape index (κ2) is 4.09. The topological polar surface area (TPSA) is 32.3 Å². The Kier molecular flexibility index (Phi) is 3.31. The van der Waals surface area contributed by atoms with Gasteiger partial charge in [-0.3, -0.25) is 4.79 Å². The Labute approximate surface area is 80.5 Å². The highest BCUT2D eigenvalue weighted by molar-refractivity contribution is 5.81. The number of carbonyl (C=O) groups excluding carboxylic acids is 1. The van der Waals surface area contributed by atoms with Crippen molar-refractivity contribution in [1.82, 2.24) is 10.2 Å². The zero-order chi connectivity index (χ0) is 10.0. The van der Waals surface area contributed by atoms with Gasteiger partial charge < -0.3 is 10.2 Å². The molecule has 0 spiro atoms. The van der Waals surface area contributed by atoms with Crippen molar-refractivity contribution in [3.05, 3.63) is 0 Å². The molecule has 0 saturated carbocycles. The summed E-state index contributed by atoms with van der Waals surface area (Å²) in [5, 5.41) is 3.31. The molecule has 1 amide bonds. The Hall–Kier alpha value is -0.570. The molecule has 2 unspecified atom stereocenters. The van der Waals surface area contributed by atoms with Gasteiger partial charge in [-0.15, -0.1) is 0 Å². The van der Waals surface area contributed by atoms with Gasteiger partial charge in [-0.25, -0.2) is 0 Å². The van der Waals surface area contributed by atoms with Gasteiger partial charge in [0.05, 0.1) is 5.92 Å². The highest BCUT2D eigenvalue weighted by Crippen LogP contribution is 2.25. The van der Waals surface area contributed by atoms with Crippen LogP contribution in [-0.2, 0) is 4.79 Å². The fourth-order valence-corrected chi connectivity index (χ4v) is 1.99. The molecule has 1 heterocycles. The molecule has 1 N–H and O–H groups in total. The Balaban J connectivity index is 2.57. The summed E-state index contributed by atoms with van der Waals surface area (Å²) < 4.78 is 0. The van der Waals surface area contributed by atoms with Crippen LogP contribution in [0.1, 0.15) is 27.2 Å². The lowest BCUT2D eigenvalue weighted by Crippen LogP contribution is -2.38. The third kappa shape index (κ3) is 2.02. The molecule has 1 aliphatic rings. The average molecular weight is 184 g/mol. The second-order valence-corrected chi connectivity index (χ2v) is 3.99. The Morgan fingerprint density at radius 3 is 2.69 bits per heavy atom. The molecule has 0 aromatic heterocycles. The maximum absolute atomic E-state index is 11.7. The van der Waals surface area contributed by atoms with Crippen LogP contribution < -0.4 is 5.32 Å². The first-order chi connectivity index (χ1) is 6.07. The fourth-order valence-electron chi connectivity index (χ4n) is 1.99. The minimum absolute atomic E-state index is 0.181. The molecule has 1 aliphatic heterocycles. The van der Waals surface area contributed by atoms with Crippen molar-refractivity contribution >= 4 is 5.91 Å². The van der Waals surface area contributed by atoms with Crippen LogP contribution in [0.3, 0.4) is 0 Å². The van der Waals surface area contributed by atoms with E-state index in [0.29, 0.717) is 18.0 Å². The number of hydrogen-bond donors (Lipinski definition) is 1. The Morgan fingerprint density at radius 1 is 1.69 bits per heavy atom. The van der Waals surface area contributed by atoms with Crippen LogP contribution in [0.2, 0.25) is 0 Å². The molecule has 0 aromatic rings. The van der Waals surface area contributed by atoms with E-state index < -0.39 is 0 Å². The van der Waals surface area contributed by atoms with Gasteiger partial charge in [0.2, 0.25) is 5.91 Å². The summed E-state index contributed by atoms with van der Waals surface area (Å²) in [5.41, 5.74) is 0. The van der Waals surface area contributed by atoms with Gasteiger partial charge in [0, 0.05) is 19.1 Å². The molecule has 3 heteroatoms. The van der Waals surface area contributed by atoms with Crippen molar-refractivity contribution in [2.75, 3.05) is 13.6 Å². The summed E-state index contributed by atoms with van der Waals surface area (Å²) in [6, 6.07) is 0.712. The van der Waals surface area contributed by atoms with E-state index in [2.05, 4.69) is 26.1 Å². The van der Waals surface area contributed by atoms with Crippen molar-refractivity contribution in [3.8, 4) is 0 Å². The molecule has 3 nitrogen and oxygen atoms in total. The lowest BCUT2D eigenvalue weighted by molar-refractivity contribution is -0.131. The van der Waals surface area contributed by atoms with E-state index in [1.54, 1.807) is 0 Å². The van der Waals surface area contributed by atoms with Crippen molar-refractivity contribution in [1.29, 1.82) is 0 Å². The van der Waals surface area contributed by atoms with E-state index in [4.69, 9.17) is 0 Å². The quantitative estimate of drug-likeness (QED) is 0.705. The summed E-state index contributed by atoms with van der Waals surface area (Å²) in [4.78, 5) is 13.6. The van der Waals surface area contributed by atoms with Crippen LogP contribution >= 0.6 is 0 Å². The van der Waals surface area contributed by atoms with Crippen LogP contribution in [0, 0.1) is 5.92 Å². The smallest absolute Gasteiger partial charge is 0.227 e. The number of nitrogens with one attached hydrogen (secondary N) is 1. The predicted molar refractivity (Wildman–Crippen MR) is 53.5 cm³/mol. The van der Waals surface area contributed by atoms with Gasteiger partial charge in [0.25, 0.3) is 0 Å². The second-order valence-electron chi connectivity index (χ2n) is 3.99. The van der Waals surface area contributed by atoms with Gasteiger partial charge >= 0.3 is 0 Å². The largest absolute Gasteiger partial charge is 0.343 e. The Bertz CT molecular complexity index is 193. The van der Waals surface area contributed by atoms with Gasteiger partial charge in [-0.05, 0) is 26.8 Å². The standard InChI is InChI=1S/C10H20N2O/c1-5-11-8(3)9-6-7(2)12(4)10(9)13/h7-9,11H,5-6H2,1-4H3/t7?,8?,9-/m0/s1. The minimum Gasteiger partial charge on any atom is -0.343 e. The first kappa shape index (κ1) is 10.5. The van der Waals surface area contributed by atoms with Crippen LogP contribution in [0.15, 0.2) is 0 Å². The maximum Gasteiger partial charge on any atom is 0.227 e. The van der Waals surface area contributed by atoms with E-state index in [1.165, 1.54) is 0 Å². The Morgan fingerprint density at radius 2 is 2.31 bits per heavy atom. The molecular weight excluding hydrogens is 164 g/mol. The number of likely N-dealkylation sites (tertiary alicyclic amines) is 1. The number of carbonyl (C=O) groups is 1. The zero-order valence-electron chi connectivity index (χ0n) is 9.00. The number of rotatable bonds is 3. The van der Waals surface area contributed by atoms with Crippen LogP contribution in [0.5, 0.6) is 0 Å². The highest BCUT2D eigenvalue weighted by atomic mass is 16.2. The van der Waals surface area contributed by atoms with E-state index >= 15 is 0 Å². The lowest BCUT2D eigenvalue weighted by atomic mass is 9.98. The number of hydrogen-bond acceptors (Lipinski definition) is 2. The van der Waals surface area contributed by atoms with E-state index in [-0.39, 0.29) is 5.92 Å². The summed E-state index contributed by atoms with van der Waals surface area (Å²) in [6.45, 7) is 7.21. The highest BCUT2D eigenvalue weighted by Gasteiger charge is 2.37. The van der Waals surface area contributed by atoms with Gasteiger partial charge in [0.1, 0.15) is 0 Å². The summed E-state index contributed by atoms with van der Waals surface area (Å²) in [5.74, 6) is 0.473. The van der Waals surface area contributed by atoms with Gasteiger partial charge in [0.15, 0.2) is 0 Å². The van der Waals surface area contributed by atoms with Gasteiger partial charge in [-0.1, -0.05) is 6.92 Å². The molecule has 1 fully saturated rings. The number of amides is 1. The van der Waals surface area contributed by atoms with Crippen LogP contribution in [0.4, 0.5) is 0 Å². The molecule has 1 saturated heterocycles. The monoisotopic (exact) mass is 184 g/mol. The van der Waals surface area contributed by atoms with Crippen molar-refractivity contribution in [2.24, 2.45) is 5.92 Å². The van der Waals surface area contributed by atoms with Crippen LogP contribution in [0.25, 0.3) is 0 Å². The summed E-state index contributed by atoms with van der Waals surface area (Å²) in [7, 11) is 1.89. The summed E-state index contributed by atoms with van der Waals surface area (Å²) in [6.07, 6.45) is 0.990. The van der Waals surface area contributed by atoms with Crippen molar-refractivity contribution in [2.45, 2.75) is 39.3 Å². The molecule has 1 rings (SSSR count). The van der Waals surface area contributed by atoms with Crippen LogP contribution in [-0.4, -0.2) is 36.5 Å². The normalized spacial score (nSPS) is 31.1. The molecule has 13 heavy (non-hydrogen) atoms. The molecule has 0 radical (unpaired) electrons.